The molecule has 3 fully saturated rings. The number of sulfone groups is 1. The van der Waals surface area contributed by atoms with Gasteiger partial charge in [0.2, 0.25) is 0 Å². The van der Waals surface area contributed by atoms with Gasteiger partial charge in [0.1, 0.15) is 0 Å². The monoisotopic (exact) mass is 411 g/mol. The Morgan fingerprint density at radius 3 is 2.81 bits per heavy atom. The van der Waals surface area contributed by atoms with Crippen molar-refractivity contribution < 1.29 is 13.2 Å². The van der Waals surface area contributed by atoms with E-state index in [-0.39, 0.29) is 11.5 Å². The molecule has 4 nitrogen and oxygen atoms in total. The van der Waals surface area contributed by atoms with Crippen molar-refractivity contribution in [2.75, 3.05) is 37.7 Å². The highest BCUT2D eigenvalue weighted by atomic mass is 35.5. The molecule has 1 aromatic rings. The highest BCUT2D eigenvalue weighted by Gasteiger charge is 2.51. The third-order valence-electron chi connectivity index (χ3n) is 6.32. The average molecular weight is 412 g/mol. The number of halogens is 1. The van der Waals surface area contributed by atoms with E-state index in [2.05, 4.69) is 30.0 Å². The van der Waals surface area contributed by atoms with E-state index in [1.165, 1.54) is 12.0 Å². The molecule has 1 unspecified atom stereocenters. The predicted molar refractivity (Wildman–Crippen MR) is 109 cm³/mol. The van der Waals surface area contributed by atoms with Crippen LogP contribution in [0.4, 0.5) is 0 Å². The van der Waals surface area contributed by atoms with Crippen LogP contribution in [0.3, 0.4) is 0 Å². The Balaban J connectivity index is 1.31. The molecular weight excluding hydrogens is 382 g/mol. The molecule has 0 aromatic heterocycles. The second kappa shape index (κ2) is 7.66. The van der Waals surface area contributed by atoms with Gasteiger partial charge in [0.05, 0.1) is 17.6 Å². The Bertz CT molecular complexity index is 777. The minimum atomic E-state index is -2.74. The summed E-state index contributed by atoms with van der Waals surface area (Å²) in [6, 6.07) is 6.44. The highest BCUT2D eigenvalue weighted by molar-refractivity contribution is 7.92. The van der Waals surface area contributed by atoms with Crippen molar-refractivity contribution in [3.63, 3.8) is 0 Å². The van der Waals surface area contributed by atoms with Crippen LogP contribution in [0.15, 0.2) is 18.2 Å². The fourth-order valence-corrected chi connectivity index (χ4v) is 7.74. The summed E-state index contributed by atoms with van der Waals surface area (Å²) in [5.41, 5.74) is 2.45. The van der Waals surface area contributed by atoms with Crippen LogP contribution in [-0.4, -0.2) is 51.1 Å². The number of likely N-dealkylation sites (tertiary alicyclic amines) is 1. The molecule has 150 valence electrons. The number of benzene rings is 1. The van der Waals surface area contributed by atoms with Gasteiger partial charge in [-0.1, -0.05) is 30.7 Å². The second-order valence-electron chi connectivity index (χ2n) is 9.04. The lowest BCUT2D eigenvalue weighted by Crippen LogP contribution is -2.50. The Morgan fingerprint density at radius 1 is 1.33 bits per heavy atom. The second-order valence-corrected chi connectivity index (χ2v) is 11.5. The summed E-state index contributed by atoms with van der Waals surface area (Å²) < 4.78 is 29.0. The lowest BCUT2D eigenvalue weighted by Gasteiger charge is -2.37. The van der Waals surface area contributed by atoms with Gasteiger partial charge in [0, 0.05) is 30.1 Å². The fourth-order valence-electron chi connectivity index (χ4n) is 5.16. The molecule has 3 aliphatic rings. The molecule has 0 radical (unpaired) electrons. The van der Waals surface area contributed by atoms with Gasteiger partial charge in [-0.2, -0.15) is 0 Å². The number of nitrogens with zero attached hydrogens (tertiary/aromatic N) is 1. The summed E-state index contributed by atoms with van der Waals surface area (Å²) in [6.07, 6.45) is 5.58. The van der Waals surface area contributed by atoms with E-state index in [0.29, 0.717) is 17.4 Å². The molecular formula is C21H30ClNO3S. The lowest BCUT2D eigenvalue weighted by atomic mass is 9.91. The topological polar surface area (TPSA) is 46.6 Å². The zero-order chi connectivity index (χ0) is 19.1. The number of hydrogen-bond donors (Lipinski definition) is 0. The lowest BCUT2D eigenvalue weighted by molar-refractivity contribution is 0.0150. The van der Waals surface area contributed by atoms with Crippen molar-refractivity contribution in [1.29, 1.82) is 0 Å². The molecule has 1 aromatic carbocycles. The summed E-state index contributed by atoms with van der Waals surface area (Å²) >= 11 is 6.56. The van der Waals surface area contributed by atoms with Crippen molar-refractivity contribution in [2.45, 2.75) is 45.1 Å². The molecule has 3 heterocycles. The molecule has 2 atom stereocenters. The molecule has 0 bridgehead atoms. The summed E-state index contributed by atoms with van der Waals surface area (Å²) in [5, 5.41) is 0.825. The summed E-state index contributed by atoms with van der Waals surface area (Å²) in [5.74, 6) is 1.31. The highest BCUT2D eigenvalue weighted by Crippen LogP contribution is 2.41. The molecule has 0 aliphatic carbocycles. The van der Waals surface area contributed by atoms with Gasteiger partial charge in [-0.15, -0.1) is 0 Å². The number of rotatable bonds is 5. The molecule has 4 rings (SSSR count). The van der Waals surface area contributed by atoms with Crippen LogP contribution >= 0.6 is 11.6 Å². The molecule has 0 saturated carbocycles. The third kappa shape index (κ3) is 4.52. The average Bonchev–Trinajstić information content (AvgIpc) is 2.97. The van der Waals surface area contributed by atoms with Crippen LogP contribution in [0, 0.1) is 11.3 Å². The van der Waals surface area contributed by atoms with E-state index in [4.69, 9.17) is 16.3 Å². The van der Waals surface area contributed by atoms with Crippen molar-refractivity contribution in [2.24, 2.45) is 11.3 Å². The maximum atomic E-state index is 11.6. The molecule has 0 N–H and O–H groups in total. The minimum Gasteiger partial charge on any atom is -0.373 e. The van der Waals surface area contributed by atoms with Crippen molar-refractivity contribution in [3.8, 4) is 0 Å². The van der Waals surface area contributed by atoms with Crippen molar-refractivity contribution in [1.82, 2.24) is 4.90 Å². The SMILES string of the molecule is C[C@@H](Cc1ccc(C2CCCCO2)c(Cl)c1)CN1CCC2(C1)CS(=O)(=O)C2. The summed E-state index contributed by atoms with van der Waals surface area (Å²) in [4.78, 5) is 2.45. The van der Waals surface area contributed by atoms with E-state index >= 15 is 0 Å². The van der Waals surface area contributed by atoms with Gasteiger partial charge >= 0.3 is 0 Å². The normalized spacial score (nSPS) is 28.1. The standard InChI is InChI=1S/C21H30ClNO3S/c1-16(12-23-8-7-21(13-23)14-27(24,25)15-21)10-17-5-6-18(19(22)11-17)20-4-2-3-9-26-20/h5-6,11,16,20H,2-4,7-10,12-15H2,1H3/t16-,20?/m0/s1. The Labute approximate surface area is 168 Å². The van der Waals surface area contributed by atoms with Crippen LogP contribution in [0.5, 0.6) is 0 Å². The zero-order valence-corrected chi connectivity index (χ0v) is 17.7. The maximum absolute atomic E-state index is 11.6. The summed E-state index contributed by atoms with van der Waals surface area (Å²) in [7, 11) is -2.74. The van der Waals surface area contributed by atoms with E-state index in [0.717, 1.165) is 62.5 Å². The zero-order valence-electron chi connectivity index (χ0n) is 16.1. The first-order chi connectivity index (χ1) is 12.8. The number of hydrogen-bond acceptors (Lipinski definition) is 4. The quantitative estimate of drug-likeness (QED) is 0.737. The van der Waals surface area contributed by atoms with E-state index in [1.54, 1.807) is 0 Å². The first-order valence-electron chi connectivity index (χ1n) is 10.2. The molecule has 0 amide bonds. The predicted octanol–water partition coefficient (Wildman–Crippen LogP) is 3.88. The van der Waals surface area contributed by atoms with Crippen LogP contribution in [0.25, 0.3) is 0 Å². The smallest absolute Gasteiger partial charge is 0.151 e. The van der Waals surface area contributed by atoms with Gasteiger partial charge < -0.3 is 9.64 Å². The molecule has 1 spiro atoms. The van der Waals surface area contributed by atoms with Gasteiger partial charge in [0.25, 0.3) is 0 Å². The molecule has 27 heavy (non-hydrogen) atoms. The van der Waals surface area contributed by atoms with Gasteiger partial charge in [-0.25, -0.2) is 8.42 Å². The van der Waals surface area contributed by atoms with Gasteiger partial charge in [-0.05, 0) is 61.8 Å². The largest absolute Gasteiger partial charge is 0.373 e. The maximum Gasteiger partial charge on any atom is 0.151 e. The van der Waals surface area contributed by atoms with Gasteiger partial charge in [-0.3, -0.25) is 0 Å². The fraction of sp³-hybridized carbons (Fsp3) is 0.714. The van der Waals surface area contributed by atoms with E-state index in [1.807, 2.05) is 0 Å². The van der Waals surface area contributed by atoms with E-state index in [9.17, 15) is 8.42 Å². The van der Waals surface area contributed by atoms with E-state index < -0.39 is 9.84 Å². The number of ether oxygens (including phenoxy) is 1. The molecule has 3 aliphatic heterocycles. The first-order valence-corrected chi connectivity index (χ1v) is 12.4. The van der Waals surface area contributed by atoms with Crippen LogP contribution in [0.1, 0.15) is 49.8 Å². The van der Waals surface area contributed by atoms with Crippen molar-refractivity contribution in [3.05, 3.63) is 34.3 Å². The van der Waals surface area contributed by atoms with Crippen LogP contribution in [0.2, 0.25) is 5.02 Å². The van der Waals surface area contributed by atoms with Crippen LogP contribution < -0.4 is 0 Å². The molecule has 6 heteroatoms. The Kier molecular flexibility index (Phi) is 5.58. The Hall–Kier alpha value is -0.620. The van der Waals surface area contributed by atoms with Crippen molar-refractivity contribution >= 4 is 21.4 Å². The first kappa shape index (κ1) is 19.7. The Morgan fingerprint density at radius 2 is 2.15 bits per heavy atom. The summed E-state index contributed by atoms with van der Waals surface area (Å²) in [6.45, 7) is 6.09. The van der Waals surface area contributed by atoms with Crippen LogP contribution in [-0.2, 0) is 21.0 Å². The third-order valence-corrected chi connectivity index (χ3v) is 8.75. The minimum absolute atomic E-state index is 0.0590. The van der Waals surface area contributed by atoms with Gasteiger partial charge in [0.15, 0.2) is 9.84 Å². The molecule has 3 saturated heterocycles.